The Morgan fingerprint density at radius 2 is 1.95 bits per heavy atom. The molecule has 0 saturated carbocycles. The molecule has 1 N–H and O–H groups in total. The molecule has 0 aliphatic carbocycles. The molecule has 0 bridgehead atoms. The van der Waals surface area contributed by atoms with Crippen molar-refractivity contribution in [3.05, 3.63) is 59.4 Å². The molecule has 0 aliphatic heterocycles. The van der Waals surface area contributed by atoms with Crippen molar-refractivity contribution in [2.75, 3.05) is 0 Å². The fraction of sp³-hybridized carbons (Fsp3) is 0.250. The molecule has 4 heteroatoms. The summed E-state index contributed by atoms with van der Waals surface area (Å²) < 4.78 is 1.18. The molecule has 0 amide bonds. The van der Waals surface area contributed by atoms with E-state index in [0.29, 0.717) is 12.8 Å². The second-order valence-electron chi connectivity index (χ2n) is 4.79. The highest BCUT2D eigenvalue weighted by Gasteiger charge is 2.10. The highest BCUT2D eigenvalue weighted by molar-refractivity contribution is 7.18. The van der Waals surface area contributed by atoms with E-state index in [0.717, 1.165) is 22.6 Å². The maximum absolute atomic E-state index is 10.1. The molecule has 0 aliphatic rings. The Balaban J connectivity index is 1.59. The summed E-state index contributed by atoms with van der Waals surface area (Å²) in [4.78, 5) is 8.82. The SMILES string of the molecule is OC(CCc1ccccn1)Cc1nc2ccccc2s1. The lowest BCUT2D eigenvalue weighted by Crippen LogP contribution is -2.11. The van der Waals surface area contributed by atoms with Crippen LogP contribution in [0.15, 0.2) is 48.7 Å². The molecule has 0 fully saturated rings. The summed E-state index contributed by atoms with van der Waals surface area (Å²) in [6, 6.07) is 13.9. The van der Waals surface area contributed by atoms with Crippen LogP contribution in [-0.2, 0) is 12.8 Å². The number of aliphatic hydroxyl groups excluding tert-OH is 1. The first-order valence-corrected chi connectivity index (χ1v) is 7.55. The predicted molar refractivity (Wildman–Crippen MR) is 81.9 cm³/mol. The third-order valence-electron chi connectivity index (χ3n) is 3.21. The zero-order chi connectivity index (χ0) is 13.8. The van der Waals surface area contributed by atoms with Gasteiger partial charge in [-0.15, -0.1) is 11.3 Å². The molecule has 102 valence electrons. The van der Waals surface area contributed by atoms with Crippen molar-refractivity contribution in [3.63, 3.8) is 0 Å². The van der Waals surface area contributed by atoms with Crippen molar-refractivity contribution in [3.8, 4) is 0 Å². The van der Waals surface area contributed by atoms with Crippen LogP contribution in [0.5, 0.6) is 0 Å². The standard InChI is InChI=1S/C16H16N2OS/c19-13(9-8-12-5-3-4-10-17-12)11-16-18-14-6-1-2-7-15(14)20-16/h1-7,10,13,19H,8-9,11H2. The number of aliphatic hydroxyl groups is 1. The molecule has 1 aromatic carbocycles. The Labute approximate surface area is 122 Å². The van der Waals surface area contributed by atoms with Crippen LogP contribution in [-0.4, -0.2) is 21.2 Å². The van der Waals surface area contributed by atoms with Gasteiger partial charge in [-0.2, -0.15) is 0 Å². The molecule has 1 unspecified atom stereocenters. The van der Waals surface area contributed by atoms with E-state index in [1.165, 1.54) is 4.70 Å². The number of nitrogens with zero attached hydrogens (tertiary/aromatic N) is 2. The Kier molecular flexibility index (Phi) is 4.04. The van der Waals surface area contributed by atoms with E-state index in [1.807, 2.05) is 36.4 Å². The number of aryl methyl sites for hydroxylation is 1. The second kappa shape index (κ2) is 6.11. The number of aromatic nitrogens is 2. The minimum absolute atomic E-state index is 0.363. The van der Waals surface area contributed by atoms with Crippen LogP contribution in [0.2, 0.25) is 0 Å². The number of fused-ring (bicyclic) bond motifs is 1. The van der Waals surface area contributed by atoms with Crippen molar-refractivity contribution in [1.29, 1.82) is 0 Å². The second-order valence-corrected chi connectivity index (χ2v) is 5.91. The first kappa shape index (κ1) is 13.2. The van der Waals surface area contributed by atoms with Crippen molar-refractivity contribution < 1.29 is 5.11 Å². The number of benzene rings is 1. The molecule has 0 spiro atoms. The average Bonchev–Trinajstić information content (AvgIpc) is 2.88. The summed E-state index contributed by atoms with van der Waals surface area (Å²) in [6.07, 6.45) is 3.55. The van der Waals surface area contributed by atoms with Gasteiger partial charge in [0.25, 0.3) is 0 Å². The fourth-order valence-corrected chi connectivity index (χ4v) is 3.21. The maximum Gasteiger partial charge on any atom is 0.0964 e. The van der Waals surface area contributed by atoms with Crippen molar-refractivity contribution in [2.45, 2.75) is 25.4 Å². The van der Waals surface area contributed by atoms with E-state index in [1.54, 1.807) is 17.5 Å². The van der Waals surface area contributed by atoms with Gasteiger partial charge in [-0.1, -0.05) is 18.2 Å². The molecule has 0 saturated heterocycles. The topological polar surface area (TPSA) is 46.0 Å². The Hall–Kier alpha value is -1.78. The normalized spacial score (nSPS) is 12.7. The van der Waals surface area contributed by atoms with Gasteiger partial charge in [0.2, 0.25) is 0 Å². The molecular weight excluding hydrogens is 268 g/mol. The van der Waals surface area contributed by atoms with Gasteiger partial charge < -0.3 is 5.11 Å². The average molecular weight is 284 g/mol. The first-order valence-electron chi connectivity index (χ1n) is 6.74. The van der Waals surface area contributed by atoms with Crippen molar-refractivity contribution >= 4 is 21.6 Å². The van der Waals surface area contributed by atoms with E-state index in [2.05, 4.69) is 16.0 Å². The first-order chi connectivity index (χ1) is 9.81. The van der Waals surface area contributed by atoms with Gasteiger partial charge in [0.05, 0.1) is 21.3 Å². The molecule has 3 rings (SSSR count). The number of hydrogen-bond donors (Lipinski definition) is 1. The van der Waals surface area contributed by atoms with Gasteiger partial charge in [0.15, 0.2) is 0 Å². The summed E-state index contributed by atoms with van der Waals surface area (Å²) in [5.74, 6) is 0. The highest BCUT2D eigenvalue weighted by Crippen LogP contribution is 2.23. The zero-order valence-electron chi connectivity index (χ0n) is 11.1. The van der Waals surface area contributed by atoms with E-state index < -0.39 is 0 Å². The lowest BCUT2D eigenvalue weighted by molar-refractivity contribution is 0.165. The molecule has 1 atom stereocenters. The summed E-state index contributed by atoms with van der Waals surface area (Å²) in [6.45, 7) is 0. The largest absolute Gasteiger partial charge is 0.393 e. The smallest absolute Gasteiger partial charge is 0.0964 e. The highest BCUT2D eigenvalue weighted by atomic mass is 32.1. The third-order valence-corrected chi connectivity index (χ3v) is 4.27. The van der Waals surface area contributed by atoms with Crippen LogP contribution >= 0.6 is 11.3 Å². The van der Waals surface area contributed by atoms with Crippen LogP contribution in [0.25, 0.3) is 10.2 Å². The van der Waals surface area contributed by atoms with Gasteiger partial charge in [-0.25, -0.2) is 4.98 Å². The van der Waals surface area contributed by atoms with Crippen LogP contribution in [0.3, 0.4) is 0 Å². The van der Waals surface area contributed by atoms with Gasteiger partial charge in [0, 0.05) is 18.3 Å². The zero-order valence-corrected chi connectivity index (χ0v) is 11.9. The van der Waals surface area contributed by atoms with Gasteiger partial charge in [-0.3, -0.25) is 4.98 Å². The van der Waals surface area contributed by atoms with E-state index in [9.17, 15) is 5.11 Å². The number of hydrogen-bond acceptors (Lipinski definition) is 4. The summed E-state index contributed by atoms with van der Waals surface area (Å²) in [5.41, 5.74) is 2.04. The molecule has 3 nitrogen and oxygen atoms in total. The lowest BCUT2D eigenvalue weighted by atomic mass is 10.1. The van der Waals surface area contributed by atoms with Crippen LogP contribution in [0, 0.1) is 0 Å². The molecule has 2 aromatic heterocycles. The van der Waals surface area contributed by atoms with Gasteiger partial charge >= 0.3 is 0 Å². The summed E-state index contributed by atoms with van der Waals surface area (Å²) in [5, 5.41) is 11.1. The fourth-order valence-electron chi connectivity index (χ4n) is 2.17. The number of rotatable bonds is 5. The third kappa shape index (κ3) is 3.21. The van der Waals surface area contributed by atoms with Gasteiger partial charge in [-0.05, 0) is 37.1 Å². The Morgan fingerprint density at radius 1 is 1.10 bits per heavy atom. The molecule has 3 aromatic rings. The predicted octanol–water partition coefficient (Wildman–Crippen LogP) is 3.23. The monoisotopic (exact) mass is 284 g/mol. The quantitative estimate of drug-likeness (QED) is 0.782. The lowest BCUT2D eigenvalue weighted by Gasteiger charge is -2.07. The minimum Gasteiger partial charge on any atom is -0.393 e. The molecule has 0 radical (unpaired) electrons. The molecule has 20 heavy (non-hydrogen) atoms. The van der Waals surface area contributed by atoms with Crippen LogP contribution in [0.1, 0.15) is 17.1 Å². The van der Waals surface area contributed by atoms with E-state index >= 15 is 0 Å². The molecule has 2 heterocycles. The van der Waals surface area contributed by atoms with E-state index in [-0.39, 0.29) is 6.10 Å². The number of para-hydroxylation sites is 1. The van der Waals surface area contributed by atoms with Crippen LogP contribution < -0.4 is 0 Å². The minimum atomic E-state index is -0.363. The summed E-state index contributed by atoms with van der Waals surface area (Å²) >= 11 is 1.66. The summed E-state index contributed by atoms with van der Waals surface area (Å²) in [7, 11) is 0. The maximum atomic E-state index is 10.1. The number of thiazole rings is 1. The Morgan fingerprint density at radius 3 is 2.75 bits per heavy atom. The van der Waals surface area contributed by atoms with Crippen molar-refractivity contribution in [1.82, 2.24) is 9.97 Å². The number of pyridine rings is 1. The Bertz CT molecular complexity index is 648. The van der Waals surface area contributed by atoms with Crippen molar-refractivity contribution in [2.24, 2.45) is 0 Å². The van der Waals surface area contributed by atoms with Crippen LogP contribution in [0.4, 0.5) is 0 Å². The van der Waals surface area contributed by atoms with E-state index in [4.69, 9.17) is 0 Å². The van der Waals surface area contributed by atoms with Gasteiger partial charge in [0.1, 0.15) is 0 Å². The molecular formula is C16H16N2OS.